The molecule has 1 aromatic rings. The van der Waals surface area contributed by atoms with Crippen LogP contribution in [-0.2, 0) is 27.4 Å². The van der Waals surface area contributed by atoms with E-state index in [1.807, 2.05) is 4.90 Å². The van der Waals surface area contributed by atoms with Gasteiger partial charge in [0.25, 0.3) is 0 Å². The van der Waals surface area contributed by atoms with Crippen LogP contribution >= 0.6 is 0 Å². The van der Waals surface area contributed by atoms with Gasteiger partial charge in [-0.25, -0.2) is 0 Å². The zero-order valence-corrected chi connectivity index (χ0v) is 16.5. The summed E-state index contributed by atoms with van der Waals surface area (Å²) in [7, 11) is 1.62. The number of methoxy groups -OCH3 is 1. The number of fused-ring (bicyclic) bond motifs is 1. The van der Waals surface area contributed by atoms with E-state index in [-0.39, 0.29) is 12.5 Å². The van der Waals surface area contributed by atoms with Gasteiger partial charge in [-0.3, -0.25) is 9.69 Å². The number of hydrogen-bond acceptors (Lipinski definition) is 5. The summed E-state index contributed by atoms with van der Waals surface area (Å²) < 4.78 is 16.2. The molecule has 0 N–H and O–H groups in total. The largest absolute Gasteiger partial charge is 0.491 e. The smallest absolute Gasteiger partial charge is 0.248 e. The van der Waals surface area contributed by atoms with Crippen molar-refractivity contribution in [2.75, 3.05) is 53.2 Å². The van der Waals surface area contributed by atoms with E-state index in [1.165, 1.54) is 44.3 Å². The second-order valence-corrected chi connectivity index (χ2v) is 7.34. The first-order valence-corrected chi connectivity index (χ1v) is 10.1. The monoisotopic (exact) mass is 376 g/mol. The van der Waals surface area contributed by atoms with Gasteiger partial charge < -0.3 is 19.1 Å². The number of hydrogen-bond donors (Lipinski definition) is 0. The normalized spacial score (nSPS) is 18.3. The second kappa shape index (κ2) is 10.6. The molecule has 2 aliphatic rings. The lowest BCUT2D eigenvalue weighted by molar-refractivity contribution is -0.137. The van der Waals surface area contributed by atoms with Crippen LogP contribution in [0.5, 0.6) is 5.75 Å². The molecule has 0 spiro atoms. The molecule has 0 aliphatic carbocycles. The Hall–Kier alpha value is -1.63. The van der Waals surface area contributed by atoms with Crippen LogP contribution in [0.3, 0.4) is 0 Å². The average Bonchev–Trinajstić information content (AvgIpc) is 3.05. The van der Waals surface area contributed by atoms with E-state index in [2.05, 4.69) is 23.1 Å². The van der Waals surface area contributed by atoms with E-state index in [1.54, 1.807) is 7.11 Å². The first kappa shape index (κ1) is 20.1. The standard InChI is InChI=1S/C21H32N2O4/c1-25-12-13-26-17-21(24)23-10-11-27-20-7-6-18(14-19(20)16-23)15-22-8-4-2-3-5-9-22/h6-7,14H,2-5,8-13,15-17H2,1H3. The molecule has 0 saturated carbocycles. The van der Waals surface area contributed by atoms with Crippen LogP contribution in [0.2, 0.25) is 0 Å². The van der Waals surface area contributed by atoms with Crippen LogP contribution in [0.15, 0.2) is 18.2 Å². The van der Waals surface area contributed by atoms with Gasteiger partial charge in [0, 0.05) is 25.8 Å². The summed E-state index contributed by atoms with van der Waals surface area (Å²) in [6, 6.07) is 6.43. The summed E-state index contributed by atoms with van der Waals surface area (Å²) in [5.74, 6) is 0.894. The summed E-state index contributed by atoms with van der Waals surface area (Å²) in [6.45, 7) is 6.03. The van der Waals surface area contributed by atoms with Crippen molar-refractivity contribution in [3.8, 4) is 5.75 Å². The van der Waals surface area contributed by atoms with Crippen molar-refractivity contribution in [3.05, 3.63) is 29.3 Å². The fourth-order valence-electron chi connectivity index (χ4n) is 3.70. The lowest BCUT2D eigenvalue weighted by atomic mass is 10.1. The summed E-state index contributed by atoms with van der Waals surface area (Å²) in [5.41, 5.74) is 2.38. The molecule has 6 heteroatoms. The van der Waals surface area contributed by atoms with Gasteiger partial charge in [-0.15, -0.1) is 0 Å². The van der Waals surface area contributed by atoms with E-state index in [0.717, 1.165) is 17.9 Å². The van der Waals surface area contributed by atoms with Gasteiger partial charge in [-0.1, -0.05) is 18.9 Å². The van der Waals surface area contributed by atoms with Gasteiger partial charge in [0.05, 0.1) is 19.8 Å². The van der Waals surface area contributed by atoms with E-state index < -0.39 is 0 Å². The summed E-state index contributed by atoms with van der Waals surface area (Å²) in [5, 5.41) is 0. The number of benzene rings is 1. The van der Waals surface area contributed by atoms with Crippen LogP contribution in [0.25, 0.3) is 0 Å². The zero-order chi connectivity index (χ0) is 18.9. The molecule has 2 aliphatic heterocycles. The lowest BCUT2D eigenvalue weighted by Crippen LogP contribution is -2.35. The van der Waals surface area contributed by atoms with Crippen molar-refractivity contribution in [3.63, 3.8) is 0 Å². The Morgan fingerprint density at radius 2 is 1.93 bits per heavy atom. The molecule has 1 amide bonds. The average molecular weight is 376 g/mol. The molecule has 1 fully saturated rings. The summed E-state index contributed by atoms with van der Waals surface area (Å²) >= 11 is 0. The quantitative estimate of drug-likeness (QED) is 0.684. The van der Waals surface area contributed by atoms with Crippen molar-refractivity contribution >= 4 is 5.91 Å². The van der Waals surface area contributed by atoms with Crippen LogP contribution < -0.4 is 4.74 Å². The second-order valence-electron chi connectivity index (χ2n) is 7.34. The maximum atomic E-state index is 12.5. The predicted octanol–water partition coefficient (Wildman–Crippen LogP) is 2.45. The van der Waals surface area contributed by atoms with Crippen molar-refractivity contribution in [1.29, 1.82) is 0 Å². The van der Waals surface area contributed by atoms with E-state index in [9.17, 15) is 4.79 Å². The van der Waals surface area contributed by atoms with E-state index >= 15 is 0 Å². The van der Waals surface area contributed by atoms with Crippen molar-refractivity contribution < 1.29 is 19.0 Å². The molecule has 1 saturated heterocycles. The van der Waals surface area contributed by atoms with Crippen molar-refractivity contribution in [1.82, 2.24) is 9.80 Å². The number of nitrogens with zero attached hydrogens (tertiary/aromatic N) is 2. The number of amides is 1. The van der Waals surface area contributed by atoms with Gasteiger partial charge in [-0.05, 0) is 43.6 Å². The molecule has 3 rings (SSSR count). The Morgan fingerprint density at radius 3 is 2.70 bits per heavy atom. The van der Waals surface area contributed by atoms with Crippen LogP contribution in [-0.4, -0.2) is 68.9 Å². The van der Waals surface area contributed by atoms with Crippen LogP contribution in [0, 0.1) is 0 Å². The van der Waals surface area contributed by atoms with Gasteiger partial charge in [-0.2, -0.15) is 0 Å². The molecule has 0 atom stereocenters. The third-order valence-corrected chi connectivity index (χ3v) is 5.22. The van der Waals surface area contributed by atoms with Crippen LogP contribution in [0.4, 0.5) is 0 Å². The Morgan fingerprint density at radius 1 is 1.11 bits per heavy atom. The molecule has 0 unspecified atom stereocenters. The minimum absolute atomic E-state index is 0.000439. The molecule has 6 nitrogen and oxygen atoms in total. The van der Waals surface area contributed by atoms with Gasteiger partial charge in [0.1, 0.15) is 19.0 Å². The first-order valence-electron chi connectivity index (χ1n) is 10.1. The maximum absolute atomic E-state index is 12.5. The maximum Gasteiger partial charge on any atom is 0.248 e. The topological polar surface area (TPSA) is 51.2 Å². The van der Waals surface area contributed by atoms with E-state index in [4.69, 9.17) is 14.2 Å². The highest BCUT2D eigenvalue weighted by Crippen LogP contribution is 2.25. The van der Waals surface area contributed by atoms with Gasteiger partial charge in [0.2, 0.25) is 5.91 Å². The minimum Gasteiger partial charge on any atom is -0.491 e. The Balaban J connectivity index is 1.60. The third-order valence-electron chi connectivity index (χ3n) is 5.22. The highest BCUT2D eigenvalue weighted by molar-refractivity contribution is 5.77. The molecule has 0 bridgehead atoms. The Labute approximate surface area is 162 Å². The fourth-order valence-corrected chi connectivity index (χ4v) is 3.70. The summed E-state index contributed by atoms with van der Waals surface area (Å²) in [6.07, 6.45) is 5.27. The van der Waals surface area contributed by atoms with Crippen LogP contribution in [0.1, 0.15) is 36.8 Å². The SMILES string of the molecule is COCCOCC(=O)N1CCOc2ccc(CN3CCCCCC3)cc2C1. The van der Waals surface area contributed by atoms with Gasteiger partial charge >= 0.3 is 0 Å². The molecule has 1 aromatic carbocycles. The molecule has 0 aromatic heterocycles. The molecule has 0 radical (unpaired) electrons. The number of rotatable bonds is 7. The zero-order valence-electron chi connectivity index (χ0n) is 16.5. The number of ether oxygens (including phenoxy) is 3. The molecule has 2 heterocycles. The number of carbonyl (C=O) groups is 1. The molecular weight excluding hydrogens is 344 g/mol. The number of carbonyl (C=O) groups excluding carboxylic acids is 1. The lowest BCUT2D eigenvalue weighted by Gasteiger charge is -2.22. The summed E-state index contributed by atoms with van der Waals surface area (Å²) in [4.78, 5) is 16.8. The molecular formula is C21H32N2O4. The fraction of sp³-hybridized carbons (Fsp3) is 0.667. The Kier molecular flexibility index (Phi) is 7.93. The van der Waals surface area contributed by atoms with Gasteiger partial charge in [0.15, 0.2) is 0 Å². The highest BCUT2D eigenvalue weighted by atomic mass is 16.5. The number of likely N-dealkylation sites (tertiary alicyclic amines) is 1. The molecule has 27 heavy (non-hydrogen) atoms. The highest BCUT2D eigenvalue weighted by Gasteiger charge is 2.20. The third kappa shape index (κ3) is 6.19. The van der Waals surface area contributed by atoms with Crippen molar-refractivity contribution in [2.45, 2.75) is 38.8 Å². The first-order chi connectivity index (χ1) is 13.3. The predicted molar refractivity (Wildman–Crippen MR) is 104 cm³/mol. The minimum atomic E-state index is 0.000439. The molecule has 150 valence electrons. The van der Waals surface area contributed by atoms with Crippen molar-refractivity contribution in [2.24, 2.45) is 0 Å². The Bertz CT molecular complexity index is 600. The van der Waals surface area contributed by atoms with E-state index in [0.29, 0.717) is 32.9 Å².